The molecule has 130 valence electrons. The minimum absolute atomic E-state index is 0.0960. The van der Waals surface area contributed by atoms with E-state index < -0.39 is 0 Å². The molecule has 3 rings (SSSR count). The lowest BCUT2D eigenvalue weighted by Crippen LogP contribution is -2.45. The van der Waals surface area contributed by atoms with Crippen LogP contribution in [0.3, 0.4) is 0 Å². The van der Waals surface area contributed by atoms with Gasteiger partial charge in [0.05, 0.1) is 6.04 Å². The number of aromatic amines is 1. The van der Waals surface area contributed by atoms with Gasteiger partial charge in [0.2, 0.25) is 5.91 Å². The largest absolute Gasteiger partial charge is 0.361 e. The maximum Gasteiger partial charge on any atom is 0.237 e. The molecule has 2 heterocycles. The van der Waals surface area contributed by atoms with Crippen molar-refractivity contribution in [2.75, 3.05) is 26.2 Å². The molecular weight excluding hydrogens is 300 g/mol. The van der Waals surface area contributed by atoms with Gasteiger partial charge in [0.25, 0.3) is 0 Å². The number of amides is 1. The Hall–Kier alpha value is -1.85. The normalized spacial score (nSPS) is 22.8. The number of nitrogens with zero attached hydrogens (tertiary/aromatic N) is 1. The fourth-order valence-electron chi connectivity index (χ4n) is 3.53. The number of hydrogen-bond acceptors (Lipinski definition) is 3. The fraction of sp³-hybridized carbons (Fsp3) is 0.526. The van der Waals surface area contributed by atoms with E-state index in [4.69, 9.17) is 5.73 Å². The van der Waals surface area contributed by atoms with Crippen molar-refractivity contribution in [3.8, 4) is 0 Å². The first-order chi connectivity index (χ1) is 11.5. The molecule has 5 nitrogen and oxygen atoms in total. The summed E-state index contributed by atoms with van der Waals surface area (Å²) < 4.78 is 0. The summed E-state index contributed by atoms with van der Waals surface area (Å²) in [5.41, 5.74) is 8.40. The Labute approximate surface area is 143 Å². The van der Waals surface area contributed by atoms with Crippen molar-refractivity contribution in [3.05, 3.63) is 36.0 Å². The molecule has 1 aromatic carbocycles. The van der Waals surface area contributed by atoms with Gasteiger partial charge in [-0.15, -0.1) is 0 Å². The van der Waals surface area contributed by atoms with Crippen LogP contribution in [0, 0.1) is 5.41 Å². The molecule has 1 aromatic heterocycles. The summed E-state index contributed by atoms with van der Waals surface area (Å²) in [6, 6.07) is 8.16. The first-order valence-corrected chi connectivity index (χ1v) is 8.79. The predicted molar refractivity (Wildman–Crippen MR) is 97.8 cm³/mol. The number of nitrogens with one attached hydrogen (secondary N) is 2. The van der Waals surface area contributed by atoms with Gasteiger partial charge < -0.3 is 16.0 Å². The molecule has 1 aliphatic rings. The summed E-state index contributed by atoms with van der Waals surface area (Å²) in [4.78, 5) is 18.0. The highest BCUT2D eigenvalue weighted by Gasteiger charge is 2.36. The van der Waals surface area contributed by atoms with Gasteiger partial charge in [-0.2, -0.15) is 0 Å². The fourth-order valence-corrected chi connectivity index (χ4v) is 3.53. The lowest BCUT2D eigenvalue weighted by Gasteiger charge is -2.26. The average Bonchev–Trinajstić information content (AvgIpc) is 3.19. The summed E-state index contributed by atoms with van der Waals surface area (Å²) in [5.74, 6) is 0.108. The van der Waals surface area contributed by atoms with Crippen LogP contribution in [-0.2, 0) is 11.2 Å². The first kappa shape index (κ1) is 17.0. The SMILES string of the molecule is CC(C(=O)NCCc1c[nH]c2ccccc12)N1CCC(C)(CN)C1. The molecule has 0 spiro atoms. The van der Waals surface area contributed by atoms with Crippen molar-refractivity contribution in [2.45, 2.75) is 32.7 Å². The summed E-state index contributed by atoms with van der Waals surface area (Å²) in [6.07, 6.45) is 3.94. The van der Waals surface area contributed by atoms with Gasteiger partial charge in [0.15, 0.2) is 0 Å². The zero-order chi connectivity index (χ0) is 17.2. The van der Waals surface area contributed by atoms with Gasteiger partial charge >= 0.3 is 0 Å². The van der Waals surface area contributed by atoms with E-state index in [-0.39, 0.29) is 17.4 Å². The van der Waals surface area contributed by atoms with Crippen LogP contribution >= 0.6 is 0 Å². The molecule has 1 saturated heterocycles. The number of rotatable bonds is 6. The zero-order valence-corrected chi connectivity index (χ0v) is 14.6. The number of hydrogen-bond donors (Lipinski definition) is 3. The number of H-pyrrole nitrogens is 1. The van der Waals surface area contributed by atoms with Crippen LogP contribution in [0.4, 0.5) is 0 Å². The molecule has 2 atom stereocenters. The van der Waals surface area contributed by atoms with Crippen molar-refractivity contribution in [1.82, 2.24) is 15.2 Å². The standard InChI is InChI=1S/C19H28N4O/c1-14(23-10-8-19(2,12-20)13-23)18(24)21-9-7-15-11-22-17-6-4-3-5-16(15)17/h3-6,11,14,22H,7-10,12-13,20H2,1-2H3,(H,21,24). The van der Waals surface area contributed by atoms with Gasteiger partial charge in [0, 0.05) is 30.2 Å². The van der Waals surface area contributed by atoms with Crippen LogP contribution in [0.25, 0.3) is 10.9 Å². The van der Waals surface area contributed by atoms with Gasteiger partial charge in [-0.05, 0) is 49.9 Å². The van der Waals surface area contributed by atoms with E-state index in [1.807, 2.05) is 25.3 Å². The maximum atomic E-state index is 12.4. The van der Waals surface area contributed by atoms with Crippen LogP contribution in [0.5, 0.6) is 0 Å². The third kappa shape index (κ3) is 3.47. The van der Waals surface area contributed by atoms with E-state index >= 15 is 0 Å². The molecule has 5 heteroatoms. The van der Waals surface area contributed by atoms with E-state index in [1.54, 1.807) is 0 Å². The van der Waals surface area contributed by atoms with Gasteiger partial charge in [-0.1, -0.05) is 25.1 Å². The number of para-hydroxylation sites is 1. The van der Waals surface area contributed by atoms with Crippen LogP contribution < -0.4 is 11.1 Å². The minimum atomic E-state index is -0.0960. The smallest absolute Gasteiger partial charge is 0.237 e. The van der Waals surface area contributed by atoms with E-state index in [2.05, 4.69) is 34.3 Å². The molecule has 0 saturated carbocycles. The van der Waals surface area contributed by atoms with Crippen molar-refractivity contribution >= 4 is 16.8 Å². The number of carbonyl (C=O) groups is 1. The number of aromatic nitrogens is 1. The van der Waals surface area contributed by atoms with Crippen molar-refractivity contribution in [3.63, 3.8) is 0 Å². The number of carbonyl (C=O) groups excluding carboxylic acids is 1. The van der Waals surface area contributed by atoms with Crippen LogP contribution in [0.1, 0.15) is 25.8 Å². The highest BCUT2D eigenvalue weighted by molar-refractivity contribution is 5.83. The lowest BCUT2D eigenvalue weighted by molar-refractivity contribution is -0.125. The molecule has 2 aromatic rings. The topological polar surface area (TPSA) is 74.2 Å². The van der Waals surface area contributed by atoms with Gasteiger partial charge in [-0.3, -0.25) is 9.69 Å². The molecule has 1 aliphatic heterocycles. The molecule has 0 bridgehead atoms. The van der Waals surface area contributed by atoms with E-state index in [1.165, 1.54) is 10.9 Å². The molecular formula is C19H28N4O. The van der Waals surface area contributed by atoms with E-state index in [9.17, 15) is 4.79 Å². The Bertz CT molecular complexity index is 710. The molecule has 24 heavy (non-hydrogen) atoms. The van der Waals surface area contributed by atoms with E-state index in [0.29, 0.717) is 13.1 Å². The van der Waals surface area contributed by atoms with Crippen molar-refractivity contribution in [1.29, 1.82) is 0 Å². The van der Waals surface area contributed by atoms with Crippen molar-refractivity contribution in [2.24, 2.45) is 11.1 Å². The summed E-state index contributed by atoms with van der Waals surface area (Å²) in [5, 5.41) is 4.32. The Morgan fingerprint density at radius 3 is 3.00 bits per heavy atom. The van der Waals surface area contributed by atoms with Crippen LogP contribution in [0.2, 0.25) is 0 Å². The average molecular weight is 328 g/mol. The minimum Gasteiger partial charge on any atom is -0.361 e. The van der Waals surface area contributed by atoms with Crippen LogP contribution in [0.15, 0.2) is 30.5 Å². The Morgan fingerprint density at radius 2 is 2.25 bits per heavy atom. The highest BCUT2D eigenvalue weighted by atomic mass is 16.2. The molecule has 1 amide bonds. The highest BCUT2D eigenvalue weighted by Crippen LogP contribution is 2.29. The third-order valence-electron chi connectivity index (χ3n) is 5.38. The van der Waals surface area contributed by atoms with Crippen LogP contribution in [-0.4, -0.2) is 48.0 Å². The lowest BCUT2D eigenvalue weighted by atomic mass is 9.90. The third-order valence-corrected chi connectivity index (χ3v) is 5.38. The second kappa shape index (κ2) is 6.95. The first-order valence-electron chi connectivity index (χ1n) is 8.79. The second-order valence-electron chi connectivity index (χ2n) is 7.31. The Morgan fingerprint density at radius 1 is 1.46 bits per heavy atom. The Balaban J connectivity index is 1.51. The molecule has 4 N–H and O–H groups in total. The zero-order valence-electron chi connectivity index (χ0n) is 14.6. The summed E-state index contributed by atoms with van der Waals surface area (Å²) in [6.45, 7) is 7.38. The monoisotopic (exact) mass is 328 g/mol. The second-order valence-corrected chi connectivity index (χ2v) is 7.31. The summed E-state index contributed by atoms with van der Waals surface area (Å²) in [7, 11) is 0. The number of nitrogens with two attached hydrogens (primary N) is 1. The van der Waals surface area contributed by atoms with Gasteiger partial charge in [0.1, 0.15) is 0 Å². The number of benzene rings is 1. The number of fused-ring (bicyclic) bond motifs is 1. The molecule has 2 unspecified atom stereocenters. The molecule has 0 radical (unpaired) electrons. The van der Waals surface area contributed by atoms with Crippen molar-refractivity contribution < 1.29 is 4.79 Å². The Kier molecular flexibility index (Phi) is 4.92. The summed E-state index contributed by atoms with van der Waals surface area (Å²) >= 11 is 0. The van der Waals surface area contributed by atoms with E-state index in [0.717, 1.165) is 31.4 Å². The number of likely N-dealkylation sites (tertiary alicyclic amines) is 1. The maximum absolute atomic E-state index is 12.4. The molecule has 1 fully saturated rings. The molecule has 0 aliphatic carbocycles. The predicted octanol–water partition coefficient (Wildman–Crippen LogP) is 1.89. The quantitative estimate of drug-likeness (QED) is 0.758. The van der Waals surface area contributed by atoms with Gasteiger partial charge in [-0.25, -0.2) is 0 Å².